The molecule has 0 aliphatic carbocycles. The number of ether oxygens (including phenoxy) is 1. The largest absolute Gasteiger partial charge is 0.495 e. The molecule has 1 atom stereocenters. The molecule has 5 heteroatoms. The van der Waals surface area contributed by atoms with Crippen molar-refractivity contribution in [3.63, 3.8) is 0 Å². The maximum atomic E-state index is 12.3. The number of carbonyl (C=O) groups is 1. The van der Waals surface area contributed by atoms with E-state index in [1.807, 2.05) is 36.4 Å². The van der Waals surface area contributed by atoms with Crippen molar-refractivity contribution in [1.29, 1.82) is 0 Å². The van der Waals surface area contributed by atoms with Gasteiger partial charge in [-0.3, -0.25) is 4.79 Å². The molecule has 1 unspecified atom stereocenters. The third-order valence-corrected chi connectivity index (χ3v) is 5.57. The molecular weight excluding hydrogens is 344 g/mol. The van der Waals surface area contributed by atoms with Crippen molar-refractivity contribution >= 4 is 23.4 Å². The number of hydrogen-bond donors (Lipinski definition) is 1. The standard InChI is InChI=1S/C21H26N2O2S/c1-25-20-12-6-5-11-19(20)23-14-7-8-17(16-23)22-21(24)13-15-26-18-9-3-2-4-10-18/h2-6,9-12,17H,7-8,13-16H2,1H3,(H,22,24). The molecule has 0 bridgehead atoms. The first kappa shape index (κ1) is 18.6. The molecule has 0 saturated carbocycles. The van der Waals surface area contributed by atoms with Crippen LogP contribution >= 0.6 is 11.8 Å². The van der Waals surface area contributed by atoms with E-state index < -0.39 is 0 Å². The summed E-state index contributed by atoms with van der Waals surface area (Å²) in [6.45, 7) is 1.83. The van der Waals surface area contributed by atoms with Crippen molar-refractivity contribution in [2.45, 2.75) is 30.2 Å². The molecule has 1 fully saturated rings. The quantitative estimate of drug-likeness (QED) is 0.749. The predicted molar refractivity (Wildman–Crippen MR) is 108 cm³/mol. The van der Waals surface area contributed by atoms with Crippen LogP contribution in [0.2, 0.25) is 0 Å². The Hall–Kier alpha value is -2.14. The number of nitrogens with one attached hydrogen (secondary N) is 1. The lowest BCUT2D eigenvalue weighted by Crippen LogP contribution is -2.48. The Kier molecular flexibility index (Phi) is 6.83. The molecule has 1 aliphatic rings. The fraction of sp³-hybridized carbons (Fsp3) is 0.381. The number of carbonyl (C=O) groups excluding carboxylic acids is 1. The summed E-state index contributed by atoms with van der Waals surface area (Å²) in [6, 6.07) is 18.5. The Morgan fingerprint density at radius 1 is 1.19 bits per heavy atom. The second-order valence-electron chi connectivity index (χ2n) is 6.44. The summed E-state index contributed by atoms with van der Waals surface area (Å²) >= 11 is 1.73. The molecule has 26 heavy (non-hydrogen) atoms. The summed E-state index contributed by atoms with van der Waals surface area (Å²) in [5.41, 5.74) is 1.11. The average Bonchev–Trinajstić information content (AvgIpc) is 2.69. The van der Waals surface area contributed by atoms with Crippen molar-refractivity contribution in [3.05, 3.63) is 54.6 Å². The maximum absolute atomic E-state index is 12.3. The maximum Gasteiger partial charge on any atom is 0.221 e. The summed E-state index contributed by atoms with van der Waals surface area (Å²) < 4.78 is 5.48. The number of thioether (sulfide) groups is 1. The Bertz CT molecular complexity index is 708. The highest BCUT2D eigenvalue weighted by Gasteiger charge is 2.23. The average molecular weight is 371 g/mol. The lowest BCUT2D eigenvalue weighted by molar-refractivity contribution is -0.121. The molecule has 1 aliphatic heterocycles. The number of anilines is 1. The number of rotatable bonds is 7. The summed E-state index contributed by atoms with van der Waals surface area (Å²) in [5.74, 6) is 1.83. The fourth-order valence-electron chi connectivity index (χ4n) is 3.28. The first-order chi connectivity index (χ1) is 12.8. The summed E-state index contributed by atoms with van der Waals surface area (Å²) in [6.07, 6.45) is 2.65. The third kappa shape index (κ3) is 5.18. The van der Waals surface area contributed by atoms with Crippen molar-refractivity contribution in [1.82, 2.24) is 5.32 Å². The minimum Gasteiger partial charge on any atom is -0.495 e. The molecule has 2 aromatic carbocycles. The molecular formula is C21H26N2O2S. The fourth-order valence-corrected chi connectivity index (χ4v) is 4.16. The summed E-state index contributed by atoms with van der Waals surface area (Å²) in [5, 5.41) is 3.21. The zero-order valence-corrected chi connectivity index (χ0v) is 16.0. The highest BCUT2D eigenvalue weighted by molar-refractivity contribution is 7.99. The van der Waals surface area contributed by atoms with Crippen LogP contribution in [0.1, 0.15) is 19.3 Å². The zero-order chi connectivity index (χ0) is 18.2. The topological polar surface area (TPSA) is 41.6 Å². The number of hydrogen-bond acceptors (Lipinski definition) is 4. The molecule has 0 spiro atoms. The second kappa shape index (κ2) is 9.53. The zero-order valence-electron chi connectivity index (χ0n) is 15.2. The van der Waals surface area contributed by atoms with Gasteiger partial charge in [0.15, 0.2) is 0 Å². The Balaban J connectivity index is 1.48. The van der Waals surface area contributed by atoms with Crippen LogP contribution in [0.25, 0.3) is 0 Å². The minimum absolute atomic E-state index is 0.139. The number of benzene rings is 2. The van der Waals surface area contributed by atoms with Crippen LogP contribution in [0, 0.1) is 0 Å². The van der Waals surface area contributed by atoms with Gasteiger partial charge in [0.1, 0.15) is 5.75 Å². The smallest absolute Gasteiger partial charge is 0.221 e. The van der Waals surface area contributed by atoms with Crippen molar-refractivity contribution in [2.24, 2.45) is 0 Å². The normalized spacial score (nSPS) is 17.0. The number of para-hydroxylation sites is 2. The monoisotopic (exact) mass is 370 g/mol. The Morgan fingerprint density at radius 2 is 1.96 bits per heavy atom. The van der Waals surface area contributed by atoms with Gasteiger partial charge in [-0.15, -0.1) is 11.8 Å². The highest BCUT2D eigenvalue weighted by Crippen LogP contribution is 2.29. The SMILES string of the molecule is COc1ccccc1N1CCCC(NC(=O)CCSc2ccccc2)C1. The van der Waals surface area contributed by atoms with E-state index in [4.69, 9.17) is 4.74 Å². The van der Waals surface area contributed by atoms with Gasteiger partial charge in [0, 0.05) is 36.2 Å². The van der Waals surface area contributed by atoms with Gasteiger partial charge in [0.2, 0.25) is 5.91 Å². The van der Waals surface area contributed by atoms with Crippen LogP contribution in [0.3, 0.4) is 0 Å². The van der Waals surface area contributed by atoms with Crippen LogP contribution in [0.4, 0.5) is 5.69 Å². The van der Waals surface area contributed by atoms with Crippen LogP contribution in [-0.2, 0) is 4.79 Å². The Labute approximate surface area is 159 Å². The molecule has 3 rings (SSSR count). The van der Waals surface area contributed by atoms with Gasteiger partial charge >= 0.3 is 0 Å². The number of methoxy groups -OCH3 is 1. The van der Waals surface area contributed by atoms with Gasteiger partial charge < -0.3 is 15.0 Å². The first-order valence-electron chi connectivity index (χ1n) is 9.11. The van der Waals surface area contributed by atoms with Gasteiger partial charge in [-0.05, 0) is 37.1 Å². The molecule has 1 N–H and O–H groups in total. The van der Waals surface area contributed by atoms with E-state index >= 15 is 0 Å². The van der Waals surface area contributed by atoms with Gasteiger partial charge in [0.25, 0.3) is 0 Å². The third-order valence-electron chi connectivity index (χ3n) is 4.55. The molecule has 1 saturated heterocycles. The van der Waals surface area contributed by atoms with Crippen molar-refractivity contribution < 1.29 is 9.53 Å². The van der Waals surface area contributed by atoms with Crippen molar-refractivity contribution in [2.75, 3.05) is 30.9 Å². The number of piperidine rings is 1. The van der Waals surface area contributed by atoms with E-state index in [9.17, 15) is 4.79 Å². The van der Waals surface area contributed by atoms with Gasteiger partial charge in [-0.2, -0.15) is 0 Å². The molecule has 1 amide bonds. The number of amides is 1. The van der Waals surface area contributed by atoms with E-state index in [2.05, 4.69) is 28.4 Å². The molecule has 138 valence electrons. The van der Waals surface area contributed by atoms with Crippen LogP contribution in [0.15, 0.2) is 59.5 Å². The summed E-state index contributed by atoms with van der Waals surface area (Å²) in [7, 11) is 1.70. The van der Waals surface area contributed by atoms with E-state index in [0.717, 1.165) is 43.1 Å². The van der Waals surface area contributed by atoms with E-state index in [1.54, 1.807) is 18.9 Å². The minimum atomic E-state index is 0.139. The molecule has 2 aromatic rings. The van der Waals surface area contributed by atoms with Crippen LogP contribution in [0.5, 0.6) is 5.75 Å². The van der Waals surface area contributed by atoms with Crippen LogP contribution < -0.4 is 15.0 Å². The molecule has 0 radical (unpaired) electrons. The lowest BCUT2D eigenvalue weighted by atomic mass is 10.0. The van der Waals surface area contributed by atoms with Gasteiger partial charge in [0.05, 0.1) is 12.8 Å². The van der Waals surface area contributed by atoms with E-state index in [1.165, 1.54) is 4.90 Å². The molecule has 1 heterocycles. The molecule has 0 aromatic heterocycles. The summed E-state index contributed by atoms with van der Waals surface area (Å²) in [4.78, 5) is 15.8. The van der Waals surface area contributed by atoms with Gasteiger partial charge in [-0.25, -0.2) is 0 Å². The lowest BCUT2D eigenvalue weighted by Gasteiger charge is -2.35. The highest BCUT2D eigenvalue weighted by atomic mass is 32.2. The molecule has 4 nitrogen and oxygen atoms in total. The van der Waals surface area contributed by atoms with Crippen LogP contribution in [-0.4, -0.2) is 37.9 Å². The van der Waals surface area contributed by atoms with Crippen molar-refractivity contribution in [3.8, 4) is 5.75 Å². The van der Waals surface area contributed by atoms with Gasteiger partial charge in [-0.1, -0.05) is 30.3 Å². The van der Waals surface area contributed by atoms with E-state index in [0.29, 0.717) is 6.42 Å². The predicted octanol–water partition coefficient (Wildman–Crippen LogP) is 3.96. The first-order valence-corrected chi connectivity index (χ1v) is 10.1. The number of nitrogens with zero attached hydrogens (tertiary/aromatic N) is 1. The Morgan fingerprint density at radius 3 is 2.77 bits per heavy atom. The second-order valence-corrected chi connectivity index (χ2v) is 7.60. The van der Waals surface area contributed by atoms with E-state index in [-0.39, 0.29) is 11.9 Å².